The molecule has 1 atom stereocenters. The molecule has 37 heavy (non-hydrogen) atoms. The van der Waals surface area contributed by atoms with Crippen molar-refractivity contribution in [3.63, 3.8) is 0 Å². The molecule has 0 radical (unpaired) electrons. The molecule has 1 aliphatic rings. The number of aromatic nitrogens is 5. The fourth-order valence-electron chi connectivity index (χ4n) is 3.86. The molecule has 1 aliphatic heterocycles. The molecule has 0 amide bonds. The highest BCUT2D eigenvalue weighted by Crippen LogP contribution is 2.39. The molecule has 2 aromatic heterocycles. The zero-order valence-electron chi connectivity index (χ0n) is 19.5. The number of hydrogen-bond donors (Lipinski definition) is 4. The van der Waals surface area contributed by atoms with Gasteiger partial charge in [0.15, 0.2) is 24.1 Å². The number of rotatable bonds is 9. The van der Waals surface area contributed by atoms with E-state index in [9.17, 15) is 9.18 Å². The standard InChI is InChI=1S/C24H23FN8O4/c25-6-9-36-18-11-15(10-16-12-35-13-37-20(16)18)19(30-17-4-2-14(3-5-17)21(26)27)22-31-24(34)33(32-22)23-28-7-1-8-29-23/h1-5,7-8,10-11,19,30H,6,9,12-13H2,(H3,26,27)(H,31,32,34). The van der Waals surface area contributed by atoms with Crippen molar-refractivity contribution in [3.05, 3.63) is 87.9 Å². The minimum atomic E-state index is -0.694. The van der Waals surface area contributed by atoms with Crippen molar-refractivity contribution in [3.8, 4) is 17.4 Å². The summed E-state index contributed by atoms with van der Waals surface area (Å²) in [7, 11) is 0. The van der Waals surface area contributed by atoms with Gasteiger partial charge in [-0.2, -0.15) is 0 Å². The second kappa shape index (κ2) is 10.5. The molecule has 0 saturated carbocycles. The van der Waals surface area contributed by atoms with Crippen molar-refractivity contribution in [2.75, 3.05) is 25.4 Å². The first-order valence-electron chi connectivity index (χ1n) is 11.3. The van der Waals surface area contributed by atoms with Gasteiger partial charge in [0.1, 0.15) is 25.2 Å². The van der Waals surface area contributed by atoms with E-state index in [0.29, 0.717) is 33.9 Å². The zero-order valence-corrected chi connectivity index (χ0v) is 19.5. The first kappa shape index (κ1) is 23.9. The number of anilines is 1. The molecule has 4 aromatic rings. The average Bonchev–Trinajstić information content (AvgIpc) is 3.32. The molecule has 0 aliphatic carbocycles. The van der Waals surface area contributed by atoms with Crippen LogP contribution in [0.15, 0.2) is 59.7 Å². The Morgan fingerprint density at radius 3 is 2.78 bits per heavy atom. The third-order valence-corrected chi connectivity index (χ3v) is 5.52. The lowest BCUT2D eigenvalue weighted by atomic mass is 10.0. The maximum atomic E-state index is 12.9. The first-order chi connectivity index (χ1) is 18.0. The van der Waals surface area contributed by atoms with Gasteiger partial charge in [-0.05, 0) is 48.0 Å². The summed E-state index contributed by atoms with van der Waals surface area (Å²) in [6, 6.07) is 11.4. The highest BCUT2D eigenvalue weighted by Gasteiger charge is 2.26. The minimum Gasteiger partial charge on any atom is -0.487 e. The summed E-state index contributed by atoms with van der Waals surface area (Å²) in [6.07, 6.45) is 3.01. The number of nitrogens with one attached hydrogen (secondary N) is 3. The molecule has 5 rings (SSSR count). The SMILES string of the molecule is N=C(N)c1ccc(NC(c2cc3c(c(OCCF)c2)OCOC3)c2nn(-c3ncccn3)c(=O)[nH]2)cc1. The maximum Gasteiger partial charge on any atom is 0.350 e. The number of nitrogen functional groups attached to an aromatic ring is 1. The topological polar surface area (TPSA) is 166 Å². The fourth-order valence-corrected chi connectivity index (χ4v) is 3.86. The van der Waals surface area contributed by atoms with Crippen LogP contribution in [0.25, 0.3) is 5.95 Å². The number of H-pyrrole nitrogens is 1. The van der Waals surface area contributed by atoms with Crippen molar-refractivity contribution in [1.29, 1.82) is 5.41 Å². The van der Waals surface area contributed by atoms with E-state index in [0.717, 1.165) is 4.68 Å². The lowest BCUT2D eigenvalue weighted by Gasteiger charge is -2.24. The Balaban J connectivity index is 1.60. The number of benzene rings is 2. The zero-order chi connectivity index (χ0) is 25.8. The van der Waals surface area contributed by atoms with E-state index in [1.807, 2.05) is 6.07 Å². The summed E-state index contributed by atoms with van der Waals surface area (Å²) in [5, 5.41) is 15.4. The van der Waals surface area contributed by atoms with E-state index in [-0.39, 0.29) is 37.6 Å². The van der Waals surface area contributed by atoms with Crippen LogP contribution in [0.1, 0.15) is 28.6 Å². The first-order valence-corrected chi connectivity index (χ1v) is 11.3. The predicted molar refractivity (Wildman–Crippen MR) is 131 cm³/mol. The molecule has 2 aromatic carbocycles. The second-order valence-electron chi connectivity index (χ2n) is 8.00. The molecule has 190 valence electrons. The third-order valence-electron chi connectivity index (χ3n) is 5.52. The molecular formula is C24H23FN8O4. The molecule has 0 bridgehead atoms. The lowest BCUT2D eigenvalue weighted by Crippen LogP contribution is -2.18. The van der Waals surface area contributed by atoms with Gasteiger partial charge in [-0.3, -0.25) is 10.4 Å². The minimum absolute atomic E-state index is 0.0529. The normalized spacial score (nSPS) is 13.3. The van der Waals surface area contributed by atoms with Crippen molar-refractivity contribution in [2.45, 2.75) is 12.6 Å². The van der Waals surface area contributed by atoms with Crippen LogP contribution in [0.2, 0.25) is 0 Å². The van der Waals surface area contributed by atoms with Gasteiger partial charge in [0.2, 0.25) is 0 Å². The summed E-state index contributed by atoms with van der Waals surface area (Å²) in [5.74, 6) is 1.14. The van der Waals surface area contributed by atoms with Crippen LogP contribution >= 0.6 is 0 Å². The molecule has 0 fully saturated rings. The van der Waals surface area contributed by atoms with Gasteiger partial charge in [-0.1, -0.05) is 0 Å². The number of ether oxygens (including phenoxy) is 3. The summed E-state index contributed by atoms with van der Waals surface area (Å²) in [6.45, 7) is -0.509. The number of halogens is 1. The van der Waals surface area contributed by atoms with Gasteiger partial charge in [-0.15, -0.1) is 9.78 Å². The van der Waals surface area contributed by atoms with E-state index in [1.165, 1.54) is 12.4 Å². The summed E-state index contributed by atoms with van der Waals surface area (Å²) < 4.78 is 30.7. The van der Waals surface area contributed by atoms with Gasteiger partial charge in [-0.25, -0.2) is 19.2 Å². The Kier molecular flexibility index (Phi) is 6.76. The highest BCUT2D eigenvalue weighted by molar-refractivity contribution is 5.95. The van der Waals surface area contributed by atoms with E-state index in [2.05, 4.69) is 25.4 Å². The fraction of sp³-hybridized carbons (Fsp3) is 0.208. The number of nitrogens with two attached hydrogens (primary N) is 1. The summed E-state index contributed by atoms with van der Waals surface area (Å²) in [4.78, 5) is 23.8. The summed E-state index contributed by atoms with van der Waals surface area (Å²) >= 11 is 0. The van der Waals surface area contributed by atoms with Gasteiger partial charge >= 0.3 is 5.69 Å². The molecule has 13 heteroatoms. The molecule has 0 spiro atoms. The number of hydrogen-bond acceptors (Lipinski definition) is 9. The van der Waals surface area contributed by atoms with Crippen LogP contribution in [0.4, 0.5) is 10.1 Å². The van der Waals surface area contributed by atoms with Crippen molar-refractivity contribution < 1.29 is 18.6 Å². The smallest absolute Gasteiger partial charge is 0.350 e. The Hall–Kier alpha value is -4.78. The van der Waals surface area contributed by atoms with Crippen LogP contribution in [0.3, 0.4) is 0 Å². The molecule has 0 saturated heterocycles. The van der Waals surface area contributed by atoms with Crippen molar-refractivity contribution in [1.82, 2.24) is 24.7 Å². The largest absolute Gasteiger partial charge is 0.487 e. The molecular weight excluding hydrogens is 483 g/mol. The lowest BCUT2D eigenvalue weighted by molar-refractivity contribution is -0.0185. The highest BCUT2D eigenvalue weighted by atomic mass is 19.1. The maximum absolute atomic E-state index is 12.9. The van der Waals surface area contributed by atoms with Crippen LogP contribution < -0.4 is 26.2 Å². The third kappa shape index (κ3) is 5.11. The number of amidine groups is 1. The van der Waals surface area contributed by atoms with E-state index in [1.54, 1.807) is 36.4 Å². The summed E-state index contributed by atoms with van der Waals surface area (Å²) in [5.41, 5.74) is 7.62. The number of fused-ring (bicyclic) bond motifs is 1. The van der Waals surface area contributed by atoms with Crippen LogP contribution in [0, 0.1) is 5.41 Å². The van der Waals surface area contributed by atoms with Gasteiger partial charge in [0.05, 0.1) is 6.61 Å². The Bertz CT molecular complexity index is 1460. The van der Waals surface area contributed by atoms with E-state index < -0.39 is 18.4 Å². The van der Waals surface area contributed by atoms with Gasteiger partial charge in [0, 0.05) is 29.2 Å². The van der Waals surface area contributed by atoms with E-state index in [4.69, 9.17) is 25.4 Å². The Morgan fingerprint density at radius 2 is 2.05 bits per heavy atom. The monoisotopic (exact) mass is 506 g/mol. The van der Waals surface area contributed by atoms with Crippen LogP contribution in [-0.2, 0) is 11.3 Å². The predicted octanol–water partition coefficient (Wildman–Crippen LogP) is 2.05. The molecule has 12 nitrogen and oxygen atoms in total. The van der Waals surface area contributed by atoms with Gasteiger partial charge < -0.3 is 25.3 Å². The average molecular weight is 506 g/mol. The second-order valence-corrected chi connectivity index (χ2v) is 8.00. The number of alkyl halides is 1. The van der Waals surface area contributed by atoms with Crippen LogP contribution in [0.5, 0.6) is 11.5 Å². The van der Waals surface area contributed by atoms with Crippen molar-refractivity contribution in [2.24, 2.45) is 5.73 Å². The molecule has 5 N–H and O–H groups in total. The van der Waals surface area contributed by atoms with E-state index >= 15 is 0 Å². The quantitative estimate of drug-likeness (QED) is 0.196. The number of nitrogens with zero attached hydrogens (tertiary/aromatic N) is 4. The molecule has 3 heterocycles. The van der Waals surface area contributed by atoms with Crippen LogP contribution in [-0.4, -0.2) is 50.6 Å². The Morgan fingerprint density at radius 1 is 1.27 bits per heavy atom. The number of aromatic amines is 1. The molecule has 1 unspecified atom stereocenters. The Labute approximate surface area is 209 Å². The van der Waals surface area contributed by atoms with Crippen molar-refractivity contribution >= 4 is 11.5 Å². The van der Waals surface area contributed by atoms with Gasteiger partial charge in [0.25, 0.3) is 5.95 Å².